The molecule has 4 nitrogen and oxygen atoms in total. The van der Waals surface area contributed by atoms with Crippen LogP contribution in [0.25, 0.3) is 0 Å². The third kappa shape index (κ3) is 4.45. The lowest BCUT2D eigenvalue weighted by Crippen LogP contribution is -2.26. The number of hydrogen-bond acceptors (Lipinski definition) is 4. The van der Waals surface area contributed by atoms with Crippen molar-refractivity contribution in [3.8, 4) is 11.5 Å². The number of anilines is 1. The van der Waals surface area contributed by atoms with Crippen LogP contribution in [0.2, 0.25) is 0 Å². The molecule has 0 aromatic heterocycles. The van der Waals surface area contributed by atoms with Gasteiger partial charge in [0.2, 0.25) is 0 Å². The van der Waals surface area contributed by atoms with Gasteiger partial charge in [-0.2, -0.15) is 5.10 Å². The molecule has 168 valence electrons. The van der Waals surface area contributed by atoms with Crippen LogP contribution >= 0.6 is 0 Å². The molecule has 0 saturated heterocycles. The van der Waals surface area contributed by atoms with E-state index in [0.29, 0.717) is 5.92 Å². The molecule has 4 heteroatoms. The van der Waals surface area contributed by atoms with E-state index >= 15 is 0 Å². The maximum absolute atomic E-state index is 5.56. The predicted molar refractivity (Wildman–Crippen MR) is 133 cm³/mol. The van der Waals surface area contributed by atoms with Gasteiger partial charge in [0.25, 0.3) is 0 Å². The van der Waals surface area contributed by atoms with E-state index in [-0.39, 0.29) is 11.5 Å². The van der Waals surface area contributed by atoms with E-state index in [1.54, 1.807) is 14.2 Å². The Morgan fingerprint density at radius 1 is 1.03 bits per heavy atom. The summed E-state index contributed by atoms with van der Waals surface area (Å²) in [4.78, 5) is 0. The Kier molecular flexibility index (Phi) is 6.40. The van der Waals surface area contributed by atoms with Crippen LogP contribution in [-0.4, -0.2) is 19.9 Å². The number of methoxy groups -OCH3 is 2. The summed E-state index contributed by atoms with van der Waals surface area (Å²) in [6, 6.07) is 16.6. The summed E-state index contributed by atoms with van der Waals surface area (Å²) in [6.07, 6.45) is 10.2. The number of hydrogen-bond donors (Lipinski definition) is 0. The minimum Gasteiger partial charge on any atom is -0.493 e. The minimum absolute atomic E-state index is 0.105. The molecule has 0 spiro atoms. The smallest absolute Gasteiger partial charge is 0.161 e. The van der Waals surface area contributed by atoms with Crippen molar-refractivity contribution in [3.05, 3.63) is 77.9 Å². The fourth-order valence-corrected chi connectivity index (χ4v) is 4.96. The summed E-state index contributed by atoms with van der Waals surface area (Å²) in [6.45, 7) is 7.00. The molecule has 2 aromatic rings. The van der Waals surface area contributed by atoms with E-state index in [4.69, 9.17) is 14.6 Å². The zero-order valence-corrected chi connectivity index (χ0v) is 19.8. The van der Waals surface area contributed by atoms with Crippen LogP contribution in [0.15, 0.2) is 77.4 Å². The van der Waals surface area contributed by atoms with Gasteiger partial charge in [-0.15, -0.1) is 0 Å². The molecule has 0 N–H and O–H groups in total. The van der Waals surface area contributed by atoms with Crippen LogP contribution in [0, 0.1) is 11.3 Å². The van der Waals surface area contributed by atoms with Crippen LogP contribution < -0.4 is 14.5 Å². The van der Waals surface area contributed by atoms with E-state index in [0.717, 1.165) is 34.9 Å². The lowest BCUT2D eigenvalue weighted by molar-refractivity contribution is 0.255. The fraction of sp³-hybridized carbons (Fsp3) is 0.393. The average Bonchev–Trinajstić information content (AvgIpc) is 3.22. The van der Waals surface area contributed by atoms with Crippen molar-refractivity contribution in [3.63, 3.8) is 0 Å². The minimum atomic E-state index is 0.105. The average molecular weight is 431 g/mol. The quantitative estimate of drug-likeness (QED) is 0.465. The molecule has 0 radical (unpaired) electrons. The Bertz CT molecular complexity index is 1040. The van der Waals surface area contributed by atoms with Crippen molar-refractivity contribution in [1.82, 2.24) is 0 Å². The Hall–Kier alpha value is -3.01. The van der Waals surface area contributed by atoms with Gasteiger partial charge in [0.1, 0.15) is 0 Å². The summed E-state index contributed by atoms with van der Waals surface area (Å²) < 4.78 is 11.0. The van der Waals surface area contributed by atoms with Crippen molar-refractivity contribution in [2.75, 3.05) is 19.2 Å². The first-order valence-corrected chi connectivity index (χ1v) is 11.4. The highest BCUT2D eigenvalue weighted by atomic mass is 16.5. The molecule has 0 bridgehead atoms. The highest BCUT2D eigenvalue weighted by Gasteiger charge is 2.32. The Morgan fingerprint density at radius 3 is 2.47 bits per heavy atom. The molecule has 4 rings (SSSR count). The van der Waals surface area contributed by atoms with Gasteiger partial charge in [0.15, 0.2) is 11.5 Å². The maximum Gasteiger partial charge on any atom is 0.161 e. The molecular formula is C28H34N2O2. The number of hydrazone groups is 1. The second-order valence-electron chi connectivity index (χ2n) is 9.42. The molecule has 2 unspecified atom stereocenters. The third-order valence-corrected chi connectivity index (χ3v) is 6.82. The molecule has 2 aliphatic rings. The van der Waals surface area contributed by atoms with Gasteiger partial charge in [-0.1, -0.05) is 55.8 Å². The van der Waals surface area contributed by atoms with Crippen LogP contribution in [-0.2, 0) is 0 Å². The number of benzene rings is 2. The normalized spacial score (nSPS) is 22.6. The number of nitrogens with zero attached hydrogens (tertiary/aromatic N) is 2. The molecule has 1 aliphatic heterocycles. The standard InChI is InChI=1S/C28H34N2O2/c1-20-10-9-17-28(2,3)24(20)15-14-22-19-25(30(29-22)23-11-7-6-8-12-23)21-13-16-26(31-4)27(18-21)32-5/h6-8,10-16,18,24-25H,9,17,19H2,1-5H3/b15-14+. The molecule has 32 heavy (non-hydrogen) atoms. The van der Waals surface area contributed by atoms with Crippen LogP contribution in [0.1, 0.15) is 51.6 Å². The van der Waals surface area contributed by atoms with Crippen LogP contribution in [0.3, 0.4) is 0 Å². The SMILES string of the molecule is COc1ccc(C2CC(/C=C/C3C(C)=CCCC3(C)C)=NN2c2ccccc2)cc1OC. The summed E-state index contributed by atoms with van der Waals surface area (Å²) in [5.74, 6) is 1.93. The second kappa shape index (κ2) is 9.23. The van der Waals surface area contributed by atoms with Gasteiger partial charge >= 0.3 is 0 Å². The topological polar surface area (TPSA) is 34.1 Å². The second-order valence-corrected chi connectivity index (χ2v) is 9.42. The molecule has 0 fully saturated rings. The highest BCUT2D eigenvalue weighted by Crippen LogP contribution is 2.42. The molecule has 0 saturated carbocycles. The highest BCUT2D eigenvalue weighted by molar-refractivity contribution is 5.98. The summed E-state index contributed by atoms with van der Waals surface area (Å²) in [7, 11) is 3.34. The number of allylic oxidation sites excluding steroid dienone is 4. The first-order valence-electron chi connectivity index (χ1n) is 11.4. The lowest BCUT2D eigenvalue weighted by atomic mass is 9.68. The largest absolute Gasteiger partial charge is 0.493 e. The third-order valence-electron chi connectivity index (χ3n) is 6.82. The Labute approximate surface area is 192 Å². The van der Waals surface area contributed by atoms with Crippen molar-refractivity contribution >= 4 is 11.4 Å². The van der Waals surface area contributed by atoms with Crippen LogP contribution in [0.5, 0.6) is 11.5 Å². The summed E-state index contributed by atoms with van der Waals surface area (Å²) in [5, 5.41) is 7.18. The molecular weight excluding hydrogens is 396 g/mol. The predicted octanol–water partition coefficient (Wildman–Crippen LogP) is 6.95. The fourth-order valence-electron chi connectivity index (χ4n) is 4.96. The van der Waals surface area contributed by atoms with E-state index < -0.39 is 0 Å². The zero-order valence-electron chi connectivity index (χ0n) is 19.8. The van der Waals surface area contributed by atoms with Crippen molar-refractivity contribution in [1.29, 1.82) is 0 Å². The zero-order chi connectivity index (χ0) is 22.7. The molecule has 2 aromatic carbocycles. The van der Waals surface area contributed by atoms with Gasteiger partial charge in [-0.25, -0.2) is 0 Å². The van der Waals surface area contributed by atoms with Gasteiger partial charge in [0, 0.05) is 12.3 Å². The lowest BCUT2D eigenvalue weighted by Gasteiger charge is -2.36. The van der Waals surface area contributed by atoms with E-state index in [1.165, 1.54) is 18.4 Å². The number of ether oxygens (including phenoxy) is 2. The summed E-state index contributed by atoms with van der Waals surface area (Å²) >= 11 is 0. The van der Waals surface area contributed by atoms with Crippen molar-refractivity contribution in [2.24, 2.45) is 16.4 Å². The Morgan fingerprint density at radius 2 is 1.78 bits per heavy atom. The Balaban J connectivity index is 1.66. The number of rotatable bonds is 6. The van der Waals surface area contributed by atoms with E-state index in [2.05, 4.69) is 80.4 Å². The molecule has 2 atom stereocenters. The van der Waals surface area contributed by atoms with E-state index in [1.807, 2.05) is 12.1 Å². The van der Waals surface area contributed by atoms with Gasteiger partial charge < -0.3 is 9.47 Å². The maximum atomic E-state index is 5.56. The van der Waals surface area contributed by atoms with Crippen molar-refractivity contribution in [2.45, 2.75) is 46.1 Å². The number of para-hydroxylation sites is 1. The molecule has 1 aliphatic carbocycles. The van der Waals surface area contributed by atoms with Gasteiger partial charge in [-0.05, 0) is 61.1 Å². The van der Waals surface area contributed by atoms with Crippen molar-refractivity contribution < 1.29 is 9.47 Å². The van der Waals surface area contributed by atoms with Gasteiger partial charge in [-0.3, -0.25) is 5.01 Å². The molecule has 1 heterocycles. The van der Waals surface area contributed by atoms with Crippen LogP contribution in [0.4, 0.5) is 5.69 Å². The molecule has 0 amide bonds. The monoisotopic (exact) mass is 430 g/mol. The van der Waals surface area contributed by atoms with Gasteiger partial charge in [0.05, 0.1) is 31.7 Å². The first-order chi connectivity index (χ1) is 15.4. The first kappa shape index (κ1) is 22.2. The van der Waals surface area contributed by atoms with E-state index in [9.17, 15) is 0 Å². The summed E-state index contributed by atoms with van der Waals surface area (Å²) in [5.41, 5.74) is 5.09.